The van der Waals surface area contributed by atoms with E-state index in [9.17, 15) is 0 Å². The van der Waals surface area contributed by atoms with Crippen molar-refractivity contribution in [3.05, 3.63) is 28.2 Å². The van der Waals surface area contributed by atoms with Crippen molar-refractivity contribution in [1.82, 2.24) is 4.90 Å². The number of anilines is 1. The van der Waals surface area contributed by atoms with Crippen molar-refractivity contribution in [2.75, 3.05) is 39.1 Å². The molecule has 1 rings (SSSR count). The molecule has 0 fully saturated rings. The monoisotopic (exact) mass is 362 g/mol. The molecule has 0 aliphatic rings. The van der Waals surface area contributed by atoms with E-state index in [-0.39, 0.29) is 0 Å². The Hall–Kier alpha value is -0.0600. The Morgan fingerprint density at radius 1 is 1.12 bits per heavy atom. The number of rotatable bonds is 6. The molecule has 0 amide bonds. The van der Waals surface area contributed by atoms with Crippen molar-refractivity contribution in [3.63, 3.8) is 0 Å². The molecule has 0 N–H and O–H groups in total. The van der Waals surface area contributed by atoms with Crippen LogP contribution in [0.3, 0.4) is 0 Å². The number of benzene rings is 1. The molecule has 0 unspecified atom stereocenters. The van der Waals surface area contributed by atoms with Gasteiger partial charge in [0.1, 0.15) is 0 Å². The highest BCUT2D eigenvalue weighted by molar-refractivity contribution is 9.10. The van der Waals surface area contributed by atoms with E-state index in [4.69, 9.17) is 0 Å². The van der Waals surface area contributed by atoms with E-state index < -0.39 is 0 Å². The first-order valence-corrected chi connectivity index (χ1v) is 7.66. The zero-order valence-corrected chi connectivity index (χ0v) is 13.9. The molecule has 0 aromatic heterocycles. The van der Waals surface area contributed by atoms with Crippen LogP contribution in [0.1, 0.15) is 12.0 Å². The van der Waals surface area contributed by atoms with Crippen LogP contribution >= 0.6 is 31.9 Å². The molecule has 0 aliphatic carbocycles. The standard InChI is InChI=1S/C13H20Br2N2/c1-16(2)7-4-8-17(3)13-6-5-11(10-14)9-12(13)15/h5-6,9H,4,7-8,10H2,1-3H3. The van der Waals surface area contributed by atoms with Crippen molar-refractivity contribution in [2.45, 2.75) is 11.8 Å². The third-order valence-electron chi connectivity index (χ3n) is 2.68. The molecule has 1 aromatic carbocycles. The lowest BCUT2D eigenvalue weighted by atomic mass is 10.2. The quantitative estimate of drug-likeness (QED) is 0.710. The van der Waals surface area contributed by atoms with Gasteiger partial charge in [0.15, 0.2) is 0 Å². The first-order chi connectivity index (χ1) is 8.04. The largest absolute Gasteiger partial charge is 0.374 e. The van der Waals surface area contributed by atoms with E-state index in [1.165, 1.54) is 22.1 Å². The summed E-state index contributed by atoms with van der Waals surface area (Å²) in [7, 11) is 6.37. The van der Waals surface area contributed by atoms with E-state index in [2.05, 4.69) is 81.0 Å². The first kappa shape index (κ1) is 15.0. The molecular weight excluding hydrogens is 344 g/mol. The van der Waals surface area contributed by atoms with Crippen LogP contribution in [-0.4, -0.2) is 39.1 Å². The Labute approximate surface area is 121 Å². The minimum absolute atomic E-state index is 0.899. The van der Waals surface area contributed by atoms with Gasteiger partial charge in [0.2, 0.25) is 0 Å². The topological polar surface area (TPSA) is 6.48 Å². The lowest BCUT2D eigenvalue weighted by Crippen LogP contribution is -2.23. The lowest BCUT2D eigenvalue weighted by molar-refractivity contribution is 0.401. The summed E-state index contributed by atoms with van der Waals surface area (Å²) >= 11 is 7.11. The smallest absolute Gasteiger partial charge is 0.0508 e. The van der Waals surface area contributed by atoms with Crippen molar-refractivity contribution in [2.24, 2.45) is 0 Å². The van der Waals surface area contributed by atoms with Crippen molar-refractivity contribution in [1.29, 1.82) is 0 Å². The molecular formula is C13H20Br2N2. The summed E-state index contributed by atoms with van der Waals surface area (Å²) in [6, 6.07) is 6.51. The molecule has 0 spiro atoms. The maximum Gasteiger partial charge on any atom is 0.0508 e. The third kappa shape index (κ3) is 4.98. The number of halogens is 2. The lowest BCUT2D eigenvalue weighted by Gasteiger charge is -2.22. The van der Waals surface area contributed by atoms with Crippen LogP contribution in [0, 0.1) is 0 Å². The predicted octanol–water partition coefficient (Wildman–Crippen LogP) is 3.73. The van der Waals surface area contributed by atoms with Crippen LogP contribution in [0.5, 0.6) is 0 Å². The van der Waals surface area contributed by atoms with E-state index in [0.29, 0.717) is 0 Å². The number of alkyl halides is 1. The van der Waals surface area contributed by atoms with Gasteiger partial charge in [0, 0.05) is 23.4 Å². The summed E-state index contributed by atoms with van der Waals surface area (Å²) < 4.78 is 1.17. The van der Waals surface area contributed by atoms with Crippen LogP contribution in [-0.2, 0) is 5.33 Å². The molecule has 0 atom stereocenters. The molecule has 4 heteroatoms. The van der Waals surface area contributed by atoms with Gasteiger partial charge < -0.3 is 9.80 Å². The Morgan fingerprint density at radius 2 is 1.82 bits per heavy atom. The molecule has 0 saturated heterocycles. The fraction of sp³-hybridized carbons (Fsp3) is 0.538. The van der Waals surface area contributed by atoms with E-state index in [0.717, 1.165) is 18.4 Å². The predicted molar refractivity (Wildman–Crippen MR) is 83.2 cm³/mol. The fourth-order valence-corrected chi connectivity index (χ4v) is 2.77. The second-order valence-electron chi connectivity index (χ2n) is 4.50. The van der Waals surface area contributed by atoms with Gasteiger partial charge in [-0.3, -0.25) is 0 Å². The van der Waals surface area contributed by atoms with Gasteiger partial charge in [-0.15, -0.1) is 0 Å². The first-order valence-electron chi connectivity index (χ1n) is 5.75. The van der Waals surface area contributed by atoms with Crippen molar-refractivity contribution >= 4 is 37.5 Å². The molecule has 17 heavy (non-hydrogen) atoms. The highest BCUT2D eigenvalue weighted by atomic mass is 79.9. The van der Waals surface area contributed by atoms with Crippen molar-refractivity contribution in [3.8, 4) is 0 Å². The maximum absolute atomic E-state index is 3.64. The average molecular weight is 364 g/mol. The molecule has 0 saturated carbocycles. The van der Waals surface area contributed by atoms with E-state index in [1.807, 2.05) is 0 Å². The number of nitrogens with zero attached hydrogens (tertiary/aromatic N) is 2. The molecule has 0 bridgehead atoms. The van der Waals surface area contributed by atoms with Gasteiger partial charge in [-0.05, 0) is 60.7 Å². The molecule has 96 valence electrons. The van der Waals surface area contributed by atoms with Gasteiger partial charge in [-0.1, -0.05) is 22.0 Å². The molecule has 0 radical (unpaired) electrons. The van der Waals surface area contributed by atoms with Gasteiger partial charge in [-0.2, -0.15) is 0 Å². The zero-order valence-electron chi connectivity index (χ0n) is 10.7. The van der Waals surface area contributed by atoms with Crippen LogP contribution in [0.4, 0.5) is 5.69 Å². The minimum atomic E-state index is 0.899. The summed E-state index contributed by atoms with van der Waals surface area (Å²) in [4.78, 5) is 4.52. The normalized spacial score (nSPS) is 10.9. The van der Waals surface area contributed by atoms with E-state index in [1.54, 1.807) is 0 Å². The summed E-state index contributed by atoms with van der Waals surface area (Å²) in [6.45, 7) is 2.20. The second-order valence-corrected chi connectivity index (χ2v) is 5.91. The average Bonchev–Trinajstić information content (AvgIpc) is 2.28. The molecule has 1 aromatic rings. The highest BCUT2D eigenvalue weighted by Gasteiger charge is 2.06. The Kier molecular flexibility index (Phi) is 6.52. The summed E-state index contributed by atoms with van der Waals surface area (Å²) in [6.07, 6.45) is 1.18. The summed E-state index contributed by atoms with van der Waals surface area (Å²) in [5, 5.41) is 0.899. The Balaban J connectivity index is 2.59. The van der Waals surface area contributed by atoms with Crippen LogP contribution in [0.15, 0.2) is 22.7 Å². The SMILES string of the molecule is CN(C)CCCN(C)c1ccc(CBr)cc1Br. The molecule has 0 aliphatic heterocycles. The Morgan fingerprint density at radius 3 is 2.35 bits per heavy atom. The van der Waals surface area contributed by atoms with Crippen molar-refractivity contribution < 1.29 is 0 Å². The molecule has 0 heterocycles. The third-order valence-corrected chi connectivity index (χ3v) is 3.96. The number of hydrogen-bond acceptors (Lipinski definition) is 2. The zero-order chi connectivity index (χ0) is 12.8. The van der Waals surface area contributed by atoms with E-state index >= 15 is 0 Å². The van der Waals surface area contributed by atoms with Gasteiger partial charge in [0.25, 0.3) is 0 Å². The maximum atomic E-state index is 3.64. The van der Waals surface area contributed by atoms with Crippen LogP contribution < -0.4 is 4.90 Å². The van der Waals surface area contributed by atoms with Gasteiger partial charge in [0.05, 0.1) is 5.69 Å². The van der Waals surface area contributed by atoms with Crippen LogP contribution in [0.25, 0.3) is 0 Å². The second kappa shape index (κ2) is 7.39. The fourth-order valence-electron chi connectivity index (χ4n) is 1.69. The summed E-state index contributed by atoms with van der Waals surface area (Å²) in [5.41, 5.74) is 2.55. The molecule has 2 nitrogen and oxygen atoms in total. The number of hydrogen-bond donors (Lipinski definition) is 0. The summed E-state index contributed by atoms with van der Waals surface area (Å²) in [5.74, 6) is 0. The van der Waals surface area contributed by atoms with Gasteiger partial charge in [-0.25, -0.2) is 0 Å². The Bertz CT molecular complexity index is 353. The van der Waals surface area contributed by atoms with Crippen LogP contribution in [0.2, 0.25) is 0 Å². The van der Waals surface area contributed by atoms with Gasteiger partial charge >= 0.3 is 0 Å². The minimum Gasteiger partial charge on any atom is -0.374 e. The highest BCUT2D eigenvalue weighted by Crippen LogP contribution is 2.27.